The Labute approximate surface area is 154 Å². The fraction of sp³-hybridized carbons (Fsp3) is 0.550. The van der Waals surface area contributed by atoms with Gasteiger partial charge >= 0.3 is 0 Å². The Morgan fingerprint density at radius 2 is 1.88 bits per heavy atom. The Balaban J connectivity index is 1.56. The quantitative estimate of drug-likeness (QED) is 0.887. The summed E-state index contributed by atoms with van der Waals surface area (Å²) in [5, 5.41) is 3.07. The topological polar surface area (TPSA) is 78.1 Å². The van der Waals surface area contributed by atoms with Crippen molar-refractivity contribution < 1.29 is 9.59 Å². The van der Waals surface area contributed by atoms with Crippen LogP contribution in [0.4, 0.5) is 0 Å². The molecule has 1 aliphatic heterocycles. The third-order valence-electron chi connectivity index (χ3n) is 4.97. The number of nitrogens with one attached hydrogen (secondary N) is 2. The molecule has 2 N–H and O–H groups in total. The number of hydrogen-bond donors (Lipinski definition) is 2. The summed E-state index contributed by atoms with van der Waals surface area (Å²) in [6.07, 6.45) is 1.42. The molecular weight excluding hydrogens is 328 g/mol. The van der Waals surface area contributed by atoms with Gasteiger partial charge in [0.1, 0.15) is 5.82 Å². The third kappa shape index (κ3) is 3.89. The summed E-state index contributed by atoms with van der Waals surface area (Å²) in [6, 6.07) is 7.65. The van der Waals surface area contributed by atoms with Crippen molar-refractivity contribution in [2.75, 3.05) is 13.1 Å². The Morgan fingerprint density at radius 3 is 2.50 bits per heavy atom. The molecule has 0 bridgehead atoms. The lowest BCUT2D eigenvalue weighted by Crippen LogP contribution is -2.46. The zero-order valence-electron chi connectivity index (χ0n) is 16.0. The highest BCUT2D eigenvalue weighted by Gasteiger charge is 2.32. The molecule has 26 heavy (non-hydrogen) atoms. The first-order chi connectivity index (χ1) is 12.3. The van der Waals surface area contributed by atoms with Crippen LogP contribution in [0.1, 0.15) is 52.4 Å². The van der Waals surface area contributed by atoms with E-state index in [0.717, 1.165) is 16.9 Å². The Morgan fingerprint density at radius 1 is 1.23 bits per heavy atom. The standard InChI is InChI=1S/C20H28N4O2/c1-13(17-22-15-7-5-6-8-16(15)23-17)21-18(25)14-9-11-24(12-10-14)19(26)20(2,3)4/h5-8,13-14H,9-12H2,1-4H3,(H,21,25)(H,22,23)/t13-/m0/s1. The number of fused-ring (bicyclic) bond motifs is 1. The number of amides is 2. The van der Waals surface area contributed by atoms with Crippen LogP contribution in [0.5, 0.6) is 0 Å². The van der Waals surface area contributed by atoms with Gasteiger partial charge < -0.3 is 15.2 Å². The second kappa shape index (κ2) is 7.09. The van der Waals surface area contributed by atoms with E-state index in [2.05, 4.69) is 15.3 Å². The molecule has 2 heterocycles. The number of para-hydroxylation sites is 2. The number of carbonyl (C=O) groups is 2. The summed E-state index contributed by atoms with van der Waals surface area (Å²) in [6.45, 7) is 9.03. The molecule has 1 fully saturated rings. The van der Waals surface area contributed by atoms with Crippen molar-refractivity contribution in [2.45, 2.75) is 46.6 Å². The van der Waals surface area contributed by atoms with Gasteiger partial charge in [0.15, 0.2) is 0 Å². The third-order valence-corrected chi connectivity index (χ3v) is 4.97. The Bertz CT molecular complexity index is 764. The minimum atomic E-state index is -0.370. The summed E-state index contributed by atoms with van der Waals surface area (Å²) in [4.78, 5) is 34.7. The number of aromatic nitrogens is 2. The van der Waals surface area contributed by atoms with E-state index in [9.17, 15) is 9.59 Å². The molecule has 0 spiro atoms. The number of benzene rings is 1. The van der Waals surface area contributed by atoms with Crippen LogP contribution in [0.3, 0.4) is 0 Å². The number of piperidine rings is 1. The van der Waals surface area contributed by atoms with E-state index in [0.29, 0.717) is 25.9 Å². The van der Waals surface area contributed by atoms with Crippen LogP contribution in [0, 0.1) is 11.3 Å². The number of likely N-dealkylation sites (tertiary alicyclic amines) is 1. The van der Waals surface area contributed by atoms with Crippen LogP contribution in [-0.4, -0.2) is 39.8 Å². The first-order valence-electron chi connectivity index (χ1n) is 9.30. The normalized spacial score (nSPS) is 17.3. The molecule has 2 amide bonds. The molecule has 3 rings (SSSR count). The van der Waals surface area contributed by atoms with Crippen LogP contribution in [0.2, 0.25) is 0 Å². The second-order valence-electron chi connectivity index (χ2n) is 8.19. The van der Waals surface area contributed by atoms with Gasteiger partial charge in [0.25, 0.3) is 0 Å². The highest BCUT2D eigenvalue weighted by Crippen LogP contribution is 2.24. The molecule has 0 saturated carbocycles. The van der Waals surface area contributed by atoms with Crippen molar-refractivity contribution in [1.29, 1.82) is 0 Å². The first kappa shape index (κ1) is 18.4. The van der Waals surface area contributed by atoms with Crippen molar-refractivity contribution in [3.05, 3.63) is 30.1 Å². The van der Waals surface area contributed by atoms with Gasteiger partial charge in [-0.05, 0) is 31.9 Å². The van der Waals surface area contributed by atoms with E-state index >= 15 is 0 Å². The van der Waals surface area contributed by atoms with Crippen molar-refractivity contribution in [3.63, 3.8) is 0 Å². The molecule has 1 atom stereocenters. The molecule has 0 radical (unpaired) electrons. The lowest BCUT2D eigenvalue weighted by Gasteiger charge is -2.35. The molecule has 6 heteroatoms. The van der Waals surface area contributed by atoms with Gasteiger partial charge in [-0.2, -0.15) is 0 Å². The zero-order valence-corrected chi connectivity index (χ0v) is 16.0. The summed E-state index contributed by atoms with van der Waals surface area (Å²) in [5.74, 6) is 0.915. The average Bonchev–Trinajstić information content (AvgIpc) is 3.04. The van der Waals surface area contributed by atoms with Gasteiger partial charge in [-0.3, -0.25) is 9.59 Å². The van der Waals surface area contributed by atoms with Crippen LogP contribution in [0.25, 0.3) is 11.0 Å². The number of hydrogen-bond acceptors (Lipinski definition) is 3. The van der Waals surface area contributed by atoms with Crippen molar-refractivity contribution in [3.8, 4) is 0 Å². The summed E-state index contributed by atoms with van der Waals surface area (Å²) in [5.41, 5.74) is 1.50. The number of nitrogens with zero attached hydrogens (tertiary/aromatic N) is 2. The predicted octanol–water partition coefficient (Wildman–Crippen LogP) is 3.02. The van der Waals surface area contributed by atoms with E-state index < -0.39 is 0 Å². The van der Waals surface area contributed by atoms with Gasteiger partial charge in [0, 0.05) is 24.4 Å². The fourth-order valence-electron chi connectivity index (χ4n) is 3.40. The van der Waals surface area contributed by atoms with Crippen molar-refractivity contribution in [1.82, 2.24) is 20.2 Å². The average molecular weight is 356 g/mol. The van der Waals surface area contributed by atoms with Crippen LogP contribution < -0.4 is 5.32 Å². The van der Waals surface area contributed by atoms with Crippen LogP contribution in [-0.2, 0) is 9.59 Å². The lowest BCUT2D eigenvalue weighted by molar-refractivity contribution is -0.142. The smallest absolute Gasteiger partial charge is 0.227 e. The minimum Gasteiger partial charge on any atom is -0.346 e. The first-order valence-corrected chi connectivity index (χ1v) is 9.30. The molecule has 1 aliphatic rings. The van der Waals surface area contributed by atoms with E-state index in [1.165, 1.54) is 0 Å². The van der Waals surface area contributed by atoms with Crippen molar-refractivity contribution in [2.24, 2.45) is 11.3 Å². The van der Waals surface area contributed by atoms with Gasteiger partial charge in [0.05, 0.1) is 17.1 Å². The van der Waals surface area contributed by atoms with E-state index in [1.807, 2.05) is 56.9 Å². The Kier molecular flexibility index (Phi) is 5.03. The van der Waals surface area contributed by atoms with Gasteiger partial charge in [-0.15, -0.1) is 0 Å². The highest BCUT2D eigenvalue weighted by molar-refractivity contribution is 5.83. The molecule has 1 saturated heterocycles. The Hall–Kier alpha value is -2.37. The fourth-order valence-corrected chi connectivity index (χ4v) is 3.40. The minimum absolute atomic E-state index is 0.0424. The largest absolute Gasteiger partial charge is 0.346 e. The maximum atomic E-state index is 12.6. The highest BCUT2D eigenvalue weighted by atomic mass is 16.2. The number of aromatic amines is 1. The zero-order chi connectivity index (χ0) is 18.9. The predicted molar refractivity (Wildman–Crippen MR) is 101 cm³/mol. The van der Waals surface area contributed by atoms with Gasteiger partial charge in [0.2, 0.25) is 11.8 Å². The monoisotopic (exact) mass is 356 g/mol. The SMILES string of the molecule is C[C@H](NC(=O)C1CCN(C(=O)C(C)(C)C)CC1)c1nc2ccccc2[nH]1. The van der Waals surface area contributed by atoms with Gasteiger partial charge in [-0.25, -0.2) is 4.98 Å². The molecule has 0 aliphatic carbocycles. The summed E-state index contributed by atoms with van der Waals surface area (Å²) >= 11 is 0. The van der Waals surface area contributed by atoms with E-state index in [-0.39, 0.29) is 29.2 Å². The number of carbonyl (C=O) groups excluding carboxylic acids is 2. The van der Waals surface area contributed by atoms with Crippen LogP contribution >= 0.6 is 0 Å². The maximum Gasteiger partial charge on any atom is 0.227 e. The summed E-state index contributed by atoms with van der Waals surface area (Å²) in [7, 11) is 0. The lowest BCUT2D eigenvalue weighted by atomic mass is 9.90. The van der Waals surface area contributed by atoms with Crippen LogP contribution in [0.15, 0.2) is 24.3 Å². The van der Waals surface area contributed by atoms with Crippen molar-refractivity contribution >= 4 is 22.8 Å². The molecule has 1 aromatic heterocycles. The molecule has 140 valence electrons. The molecule has 0 unspecified atom stereocenters. The number of H-pyrrole nitrogens is 1. The summed E-state index contributed by atoms with van der Waals surface area (Å²) < 4.78 is 0. The molecule has 6 nitrogen and oxygen atoms in total. The van der Waals surface area contributed by atoms with Gasteiger partial charge in [-0.1, -0.05) is 32.9 Å². The second-order valence-corrected chi connectivity index (χ2v) is 8.19. The maximum absolute atomic E-state index is 12.6. The molecule has 1 aromatic carbocycles. The molecule has 2 aromatic rings. The number of rotatable bonds is 3. The van der Waals surface area contributed by atoms with E-state index in [1.54, 1.807) is 0 Å². The van der Waals surface area contributed by atoms with E-state index in [4.69, 9.17) is 0 Å². The number of imidazole rings is 1. The molecular formula is C20H28N4O2.